The lowest BCUT2D eigenvalue weighted by atomic mass is 9.87. The Bertz CT molecular complexity index is 1540. The van der Waals surface area contributed by atoms with Gasteiger partial charge in [-0.1, -0.05) is 170 Å². The predicted octanol–water partition coefficient (Wildman–Crippen LogP) is 8.96. The van der Waals surface area contributed by atoms with Gasteiger partial charge in [-0.25, -0.2) is 0 Å². The third kappa shape index (κ3) is 4.21. The van der Waals surface area contributed by atoms with Gasteiger partial charge in [0.2, 0.25) is 0 Å². The topological polar surface area (TPSA) is 0 Å². The average molecular weight is 523 g/mol. The van der Waals surface area contributed by atoms with Gasteiger partial charge in [-0.05, 0) is 47.1 Å². The van der Waals surface area contributed by atoms with Crippen molar-refractivity contribution in [3.63, 3.8) is 0 Å². The number of allylic oxidation sites excluding steroid dienone is 5. The summed E-state index contributed by atoms with van der Waals surface area (Å²) < 4.78 is 0. The highest BCUT2D eigenvalue weighted by Gasteiger charge is 2.54. The quantitative estimate of drug-likeness (QED) is 0.229. The van der Waals surface area contributed by atoms with Crippen LogP contribution in [0.4, 0.5) is 0 Å². The Morgan fingerprint density at radius 2 is 1.15 bits per heavy atom. The van der Waals surface area contributed by atoms with Gasteiger partial charge in [-0.15, -0.1) is 0 Å². The molecule has 4 aromatic carbocycles. The molecule has 194 valence electrons. The molecule has 0 saturated carbocycles. The van der Waals surface area contributed by atoms with Crippen molar-refractivity contribution >= 4 is 24.5 Å². The zero-order valence-corrected chi connectivity index (χ0v) is 24.8. The molecule has 0 N–H and O–H groups in total. The summed E-state index contributed by atoms with van der Waals surface area (Å²) in [7, 11) is -2.52. The van der Waals surface area contributed by atoms with Gasteiger partial charge in [-0.3, -0.25) is 0 Å². The second-order valence-electron chi connectivity index (χ2n) is 12.3. The molecule has 0 aliphatic heterocycles. The van der Waals surface area contributed by atoms with Gasteiger partial charge in [0.1, 0.15) is 8.07 Å². The third-order valence-corrected chi connectivity index (χ3v) is 14.8. The molecule has 0 bridgehead atoms. The monoisotopic (exact) mass is 522 g/mol. The molecule has 0 radical (unpaired) electrons. The molecule has 0 nitrogen and oxygen atoms in total. The van der Waals surface area contributed by atoms with Gasteiger partial charge in [0.05, 0.1) is 0 Å². The first-order valence-electron chi connectivity index (χ1n) is 14.2. The molecule has 2 aliphatic carbocycles. The van der Waals surface area contributed by atoms with E-state index < -0.39 is 8.07 Å². The molecule has 0 fully saturated rings. The van der Waals surface area contributed by atoms with Crippen LogP contribution in [0.3, 0.4) is 0 Å². The van der Waals surface area contributed by atoms with E-state index in [-0.39, 0.29) is 5.41 Å². The summed E-state index contributed by atoms with van der Waals surface area (Å²) in [4.78, 5) is 0. The molecule has 0 amide bonds. The summed E-state index contributed by atoms with van der Waals surface area (Å²) >= 11 is 0. The van der Waals surface area contributed by atoms with Crippen molar-refractivity contribution in [2.24, 2.45) is 5.41 Å². The first-order valence-corrected chi connectivity index (χ1v) is 16.4. The third-order valence-electron chi connectivity index (χ3n) is 8.90. The Morgan fingerprint density at radius 1 is 0.590 bits per heavy atom. The van der Waals surface area contributed by atoms with Crippen LogP contribution in [0.25, 0.3) is 17.2 Å². The minimum atomic E-state index is -2.52. The van der Waals surface area contributed by atoms with Gasteiger partial charge < -0.3 is 0 Å². The smallest absolute Gasteiger partial charge is 0.0756 e. The molecule has 2 atom stereocenters. The number of hydrogen-bond donors (Lipinski definition) is 0. The van der Waals surface area contributed by atoms with Crippen LogP contribution in [0.2, 0.25) is 5.54 Å². The van der Waals surface area contributed by atoms with Gasteiger partial charge in [0.25, 0.3) is 0 Å². The van der Waals surface area contributed by atoms with E-state index in [1.807, 2.05) is 0 Å². The Morgan fingerprint density at radius 3 is 1.69 bits per heavy atom. The molecule has 2 unspecified atom stereocenters. The molecule has 1 heteroatoms. The maximum atomic E-state index is 2.65. The molecule has 4 aromatic rings. The summed E-state index contributed by atoms with van der Waals surface area (Å²) in [5.74, 6) is 0. The zero-order valence-electron chi connectivity index (χ0n) is 23.8. The van der Waals surface area contributed by atoms with Crippen LogP contribution in [-0.2, 0) is 0 Å². The molecule has 2 aliphatic rings. The fourth-order valence-corrected chi connectivity index (χ4v) is 13.5. The average Bonchev–Trinajstić information content (AvgIpc) is 3.51. The predicted molar refractivity (Wildman–Crippen MR) is 171 cm³/mol. The maximum Gasteiger partial charge on any atom is 0.139 e. The summed E-state index contributed by atoms with van der Waals surface area (Å²) in [5, 5.41) is 3.02. The van der Waals surface area contributed by atoms with Crippen molar-refractivity contribution < 1.29 is 0 Å². The van der Waals surface area contributed by atoms with Crippen molar-refractivity contribution in [1.82, 2.24) is 0 Å². The summed E-state index contributed by atoms with van der Waals surface area (Å²) in [6, 6.07) is 40.9. The first kappa shape index (κ1) is 25.6. The second-order valence-corrected chi connectivity index (χ2v) is 16.4. The lowest BCUT2D eigenvalue weighted by Gasteiger charge is -2.44. The van der Waals surface area contributed by atoms with E-state index in [2.05, 4.69) is 162 Å². The highest BCUT2D eigenvalue weighted by molar-refractivity contribution is 7.05. The van der Waals surface area contributed by atoms with E-state index in [0.29, 0.717) is 11.1 Å². The Kier molecular flexibility index (Phi) is 6.44. The van der Waals surface area contributed by atoms with Crippen LogP contribution in [0.1, 0.15) is 51.3 Å². The molecule has 0 heterocycles. The Hall–Kier alpha value is -3.68. The van der Waals surface area contributed by atoms with Crippen molar-refractivity contribution in [3.8, 4) is 11.1 Å². The zero-order chi connectivity index (χ0) is 27.2. The van der Waals surface area contributed by atoms with Crippen molar-refractivity contribution in [1.29, 1.82) is 0 Å². The van der Waals surface area contributed by atoms with Gasteiger partial charge in [-0.2, -0.15) is 0 Å². The minimum Gasteiger partial charge on any atom is -0.0756 e. The highest BCUT2D eigenvalue weighted by Crippen LogP contribution is 2.53. The van der Waals surface area contributed by atoms with E-state index in [9.17, 15) is 0 Å². The Labute approximate surface area is 235 Å². The van der Waals surface area contributed by atoms with E-state index in [1.165, 1.54) is 49.3 Å². The standard InChI is InChI=1S/C38H38Si/c1-27-24-30(38(3,4)5)26-36(27)39(31-18-11-7-12-19-31,32-20-13-8-14-21-32)37-28(2)25-35-33(22-15-23-34(35)37)29-16-9-6-10-17-29/h6-26,36-37H,1-5H3. The fraction of sp³-hybridized carbons (Fsp3) is 0.211. The van der Waals surface area contributed by atoms with Crippen molar-refractivity contribution in [3.05, 3.63) is 149 Å². The van der Waals surface area contributed by atoms with Gasteiger partial charge in [0, 0.05) is 11.1 Å². The summed E-state index contributed by atoms with van der Waals surface area (Å²) in [5.41, 5.74) is 10.8. The van der Waals surface area contributed by atoms with E-state index in [0.717, 1.165) is 0 Å². The molecule has 0 spiro atoms. The molecule has 6 rings (SSSR count). The SMILES string of the molecule is CC1=CC(C(C)(C)C)=CC1[Si](c1ccccc1)(c1ccccc1)C1C(C)=Cc2c(-c3ccccc3)cccc21. The normalized spacial score (nSPS) is 18.8. The maximum absolute atomic E-state index is 2.65. The van der Waals surface area contributed by atoms with Crippen LogP contribution in [0.5, 0.6) is 0 Å². The summed E-state index contributed by atoms with van der Waals surface area (Å²) in [6.45, 7) is 11.8. The second kappa shape index (κ2) is 9.81. The van der Waals surface area contributed by atoms with Crippen molar-refractivity contribution in [2.75, 3.05) is 0 Å². The van der Waals surface area contributed by atoms with E-state index in [1.54, 1.807) is 0 Å². The van der Waals surface area contributed by atoms with Gasteiger partial charge >= 0.3 is 0 Å². The minimum absolute atomic E-state index is 0.114. The van der Waals surface area contributed by atoms with Crippen molar-refractivity contribution in [2.45, 2.75) is 45.7 Å². The molecular formula is C38H38Si. The Balaban J connectivity index is 1.68. The largest absolute Gasteiger partial charge is 0.139 e. The number of fused-ring (bicyclic) bond motifs is 1. The lowest BCUT2D eigenvalue weighted by molar-refractivity contribution is 0.517. The first-order chi connectivity index (χ1) is 18.8. The van der Waals surface area contributed by atoms with Crippen LogP contribution in [0, 0.1) is 5.41 Å². The molecule has 0 saturated heterocycles. The summed E-state index contributed by atoms with van der Waals surface area (Å²) in [6.07, 6.45) is 7.64. The van der Waals surface area contributed by atoms with Gasteiger partial charge in [0.15, 0.2) is 0 Å². The molecule has 39 heavy (non-hydrogen) atoms. The van der Waals surface area contributed by atoms with E-state index in [4.69, 9.17) is 0 Å². The lowest BCUT2D eigenvalue weighted by Crippen LogP contribution is -2.65. The number of benzene rings is 4. The molecular weight excluding hydrogens is 485 g/mol. The van der Waals surface area contributed by atoms with Crippen LogP contribution >= 0.6 is 0 Å². The highest BCUT2D eigenvalue weighted by atomic mass is 28.3. The number of rotatable bonds is 5. The van der Waals surface area contributed by atoms with Crippen LogP contribution in [-0.4, -0.2) is 8.07 Å². The molecule has 0 aromatic heterocycles. The van der Waals surface area contributed by atoms with E-state index >= 15 is 0 Å². The fourth-order valence-electron chi connectivity index (χ4n) is 7.14. The van der Waals surface area contributed by atoms with Crippen LogP contribution < -0.4 is 10.4 Å². The number of hydrogen-bond acceptors (Lipinski definition) is 0. The van der Waals surface area contributed by atoms with Crippen LogP contribution in [0.15, 0.2) is 138 Å².